The second-order valence-corrected chi connectivity index (χ2v) is 2.31. The highest BCUT2D eigenvalue weighted by atomic mass is 16.4. The van der Waals surface area contributed by atoms with Gasteiger partial charge in [0, 0.05) is 6.20 Å². The van der Waals surface area contributed by atoms with Gasteiger partial charge in [-0.05, 0) is 12.1 Å². The van der Waals surface area contributed by atoms with Gasteiger partial charge in [0.15, 0.2) is 12.3 Å². The lowest BCUT2D eigenvalue weighted by Crippen LogP contribution is -2.30. The van der Waals surface area contributed by atoms with Crippen molar-refractivity contribution in [1.29, 1.82) is 0 Å². The molecule has 1 unspecified atom stereocenters. The van der Waals surface area contributed by atoms with Gasteiger partial charge in [0.2, 0.25) is 0 Å². The Morgan fingerprint density at radius 1 is 1.62 bits per heavy atom. The van der Waals surface area contributed by atoms with Crippen molar-refractivity contribution >= 4 is 18.1 Å². The quantitative estimate of drug-likeness (QED) is 0.509. The highest BCUT2D eigenvalue weighted by Gasteiger charge is 2.15. The Balaban J connectivity index is 2.67. The van der Waals surface area contributed by atoms with Crippen LogP contribution in [0.25, 0.3) is 0 Å². The summed E-state index contributed by atoms with van der Waals surface area (Å²) in [7, 11) is 0. The first-order valence-corrected chi connectivity index (χ1v) is 3.59. The number of carbonyl (C=O) groups is 2. The molecule has 0 aliphatic rings. The minimum atomic E-state index is -1.24. The fourth-order valence-electron chi connectivity index (χ4n) is 0.761. The summed E-state index contributed by atoms with van der Waals surface area (Å²) in [6.07, 6.45) is 1.82. The monoisotopic (exact) mass is 180 g/mol. The van der Waals surface area contributed by atoms with Gasteiger partial charge in [-0.1, -0.05) is 6.07 Å². The van der Waals surface area contributed by atoms with Gasteiger partial charge >= 0.3 is 5.97 Å². The third kappa shape index (κ3) is 2.55. The van der Waals surface area contributed by atoms with Crippen LogP contribution in [0.1, 0.15) is 0 Å². The zero-order valence-electron chi connectivity index (χ0n) is 6.68. The van der Waals surface area contributed by atoms with E-state index in [1.54, 1.807) is 18.2 Å². The van der Waals surface area contributed by atoms with Gasteiger partial charge in [-0.2, -0.15) is 0 Å². The third-order valence-electron chi connectivity index (χ3n) is 1.37. The maximum atomic E-state index is 10.4. The normalized spacial score (nSPS) is 11.7. The summed E-state index contributed by atoms with van der Waals surface area (Å²) in [5.74, 6) is -0.859. The molecule has 0 bridgehead atoms. The third-order valence-corrected chi connectivity index (χ3v) is 1.37. The first-order chi connectivity index (χ1) is 6.24. The van der Waals surface area contributed by atoms with E-state index in [4.69, 9.17) is 5.11 Å². The van der Waals surface area contributed by atoms with Gasteiger partial charge in [0.25, 0.3) is 0 Å². The minimum Gasteiger partial charge on any atom is -0.479 e. The van der Waals surface area contributed by atoms with Gasteiger partial charge in [0.05, 0.1) is 0 Å². The Kier molecular flexibility index (Phi) is 2.97. The summed E-state index contributed by atoms with van der Waals surface area (Å²) < 4.78 is 0. The molecular weight excluding hydrogens is 172 g/mol. The van der Waals surface area contributed by atoms with E-state index in [1.807, 2.05) is 0 Å². The van der Waals surface area contributed by atoms with Crippen LogP contribution in [0.2, 0.25) is 0 Å². The zero-order chi connectivity index (χ0) is 9.68. The van der Waals surface area contributed by atoms with Gasteiger partial charge in [-0.3, -0.25) is 0 Å². The van der Waals surface area contributed by atoms with Crippen molar-refractivity contribution in [3.8, 4) is 0 Å². The summed E-state index contributed by atoms with van der Waals surface area (Å²) in [6.45, 7) is 0. The number of carboxylic acids is 1. The zero-order valence-corrected chi connectivity index (χ0v) is 6.68. The predicted molar refractivity (Wildman–Crippen MR) is 45.3 cm³/mol. The molecule has 1 heterocycles. The average Bonchev–Trinajstić information content (AvgIpc) is 2.15. The maximum Gasteiger partial charge on any atom is 0.333 e. The number of pyridine rings is 1. The lowest BCUT2D eigenvalue weighted by molar-refractivity contribution is -0.139. The molecule has 1 aromatic heterocycles. The Bertz CT molecular complexity index is 300. The first-order valence-electron chi connectivity index (χ1n) is 3.59. The number of hydrogen-bond donors (Lipinski definition) is 2. The number of hydrogen-bond acceptors (Lipinski definition) is 4. The number of rotatable bonds is 4. The molecule has 0 fully saturated rings. The summed E-state index contributed by atoms with van der Waals surface area (Å²) in [6, 6.07) is 3.73. The summed E-state index contributed by atoms with van der Waals surface area (Å²) in [4.78, 5) is 24.5. The number of nitrogens with zero attached hydrogens (tertiary/aromatic N) is 1. The Hall–Kier alpha value is -1.91. The number of aldehydes is 1. The molecule has 0 spiro atoms. The molecule has 0 radical (unpaired) electrons. The lowest BCUT2D eigenvalue weighted by Gasteiger charge is -2.07. The standard InChI is InChI=1S/C8H8N2O3/c11-5-6(8(12)13)10-7-3-1-2-4-9-7/h1-6H,(H,9,10)(H,12,13). The predicted octanol–water partition coefficient (Wildman–Crippen LogP) is 0.146. The van der Waals surface area contributed by atoms with Gasteiger partial charge in [-0.25, -0.2) is 9.78 Å². The van der Waals surface area contributed by atoms with E-state index in [2.05, 4.69) is 10.3 Å². The van der Waals surface area contributed by atoms with Crippen molar-refractivity contribution in [1.82, 2.24) is 4.98 Å². The number of carboxylic acid groups (broad SMARTS) is 1. The fourth-order valence-corrected chi connectivity index (χ4v) is 0.761. The minimum absolute atomic E-state index is 0.316. The second-order valence-electron chi connectivity index (χ2n) is 2.31. The average molecular weight is 180 g/mol. The van der Waals surface area contributed by atoms with Crippen LogP contribution in [0.15, 0.2) is 24.4 Å². The van der Waals surface area contributed by atoms with Crippen LogP contribution in [0.4, 0.5) is 5.82 Å². The van der Waals surface area contributed by atoms with Crippen LogP contribution < -0.4 is 5.32 Å². The van der Waals surface area contributed by atoms with E-state index in [0.29, 0.717) is 12.1 Å². The van der Waals surface area contributed by atoms with Gasteiger partial charge < -0.3 is 15.2 Å². The first kappa shape index (κ1) is 9.18. The van der Waals surface area contributed by atoms with Crippen LogP contribution in [0.3, 0.4) is 0 Å². The lowest BCUT2D eigenvalue weighted by atomic mass is 10.3. The maximum absolute atomic E-state index is 10.4. The van der Waals surface area contributed by atoms with E-state index in [1.165, 1.54) is 6.20 Å². The molecule has 0 saturated carbocycles. The number of anilines is 1. The van der Waals surface area contributed by atoms with E-state index < -0.39 is 12.0 Å². The fraction of sp³-hybridized carbons (Fsp3) is 0.125. The Morgan fingerprint density at radius 3 is 2.85 bits per heavy atom. The molecule has 5 heteroatoms. The molecule has 1 rings (SSSR count). The second kappa shape index (κ2) is 4.20. The van der Waals surface area contributed by atoms with Gasteiger partial charge in [0.1, 0.15) is 5.82 Å². The van der Waals surface area contributed by atoms with E-state index in [-0.39, 0.29) is 0 Å². The number of nitrogens with one attached hydrogen (secondary N) is 1. The molecule has 0 aromatic carbocycles. The molecular formula is C8H8N2O3. The largest absolute Gasteiger partial charge is 0.479 e. The Labute approximate surface area is 74.4 Å². The van der Waals surface area contributed by atoms with Crippen molar-refractivity contribution in [2.75, 3.05) is 5.32 Å². The van der Waals surface area contributed by atoms with Crippen molar-refractivity contribution < 1.29 is 14.7 Å². The van der Waals surface area contributed by atoms with Crippen LogP contribution in [0.5, 0.6) is 0 Å². The van der Waals surface area contributed by atoms with E-state index >= 15 is 0 Å². The van der Waals surface area contributed by atoms with Crippen LogP contribution in [0, 0.1) is 0 Å². The smallest absolute Gasteiger partial charge is 0.333 e. The number of carbonyl (C=O) groups excluding carboxylic acids is 1. The van der Waals surface area contributed by atoms with Gasteiger partial charge in [-0.15, -0.1) is 0 Å². The molecule has 1 atom stereocenters. The highest BCUT2D eigenvalue weighted by Crippen LogP contribution is 2.01. The van der Waals surface area contributed by atoms with Crippen LogP contribution in [-0.2, 0) is 9.59 Å². The van der Waals surface area contributed by atoms with Crippen LogP contribution >= 0.6 is 0 Å². The van der Waals surface area contributed by atoms with E-state index in [9.17, 15) is 9.59 Å². The highest BCUT2D eigenvalue weighted by molar-refractivity contribution is 5.93. The molecule has 1 aromatic rings. The Morgan fingerprint density at radius 2 is 2.38 bits per heavy atom. The van der Waals surface area contributed by atoms with Crippen molar-refractivity contribution in [2.45, 2.75) is 6.04 Å². The molecule has 2 N–H and O–H groups in total. The molecule has 13 heavy (non-hydrogen) atoms. The molecule has 5 nitrogen and oxygen atoms in total. The molecule has 0 amide bonds. The number of aliphatic carboxylic acids is 1. The van der Waals surface area contributed by atoms with Crippen molar-refractivity contribution in [3.05, 3.63) is 24.4 Å². The van der Waals surface area contributed by atoms with Crippen molar-refractivity contribution in [2.24, 2.45) is 0 Å². The van der Waals surface area contributed by atoms with Crippen molar-refractivity contribution in [3.63, 3.8) is 0 Å². The molecule has 68 valence electrons. The van der Waals surface area contributed by atoms with E-state index in [0.717, 1.165) is 0 Å². The summed E-state index contributed by atoms with van der Waals surface area (Å²) in [5, 5.41) is 11.0. The summed E-state index contributed by atoms with van der Waals surface area (Å²) >= 11 is 0. The molecule has 0 aliphatic heterocycles. The SMILES string of the molecule is O=CC(Nc1ccccn1)C(=O)O. The molecule has 0 saturated heterocycles. The number of aromatic nitrogens is 1. The summed E-state index contributed by atoms with van der Waals surface area (Å²) in [5.41, 5.74) is 0. The molecule has 0 aliphatic carbocycles. The van der Waals surface area contributed by atoms with Crippen LogP contribution in [-0.4, -0.2) is 28.4 Å². The topological polar surface area (TPSA) is 79.3 Å².